The fraction of sp³-hybridized carbons (Fsp3) is 0.875. The number of rotatable bonds is 4. The Morgan fingerprint density at radius 3 is 2.50 bits per heavy atom. The van der Waals surface area contributed by atoms with E-state index in [1.807, 2.05) is 13.8 Å². The number of nitrogens with two attached hydrogens (primary N) is 1. The second-order valence-electron chi connectivity index (χ2n) is 3.96. The van der Waals surface area contributed by atoms with Gasteiger partial charge in [-0.1, -0.05) is 13.8 Å². The number of aliphatic hydroxyl groups excluding tert-OH is 1. The van der Waals surface area contributed by atoms with E-state index in [0.717, 1.165) is 0 Å². The van der Waals surface area contributed by atoms with E-state index in [2.05, 4.69) is 5.43 Å². The lowest BCUT2D eigenvalue weighted by molar-refractivity contribution is -0.123. The third-order valence-corrected chi connectivity index (χ3v) is 1.65. The van der Waals surface area contributed by atoms with Crippen LogP contribution >= 0.6 is 0 Å². The van der Waals surface area contributed by atoms with Crippen LogP contribution in [0.2, 0.25) is 0 Å². The van der Waals surface area contributed by atoms with Crippen molar-refractivity contribution in [3.8, 4) is 0 Å². The van der Waals surface area contributed by atoms with Crippen LogP contribution in [0.4, 0.5) is 0 Å². The van der Waals surface area contributed by atoms with Crippen molar-refractivity contribution in [1.29, 1.82) is 0 Å². The van der Waals surface area contributed by atoms with Crippen molar-refractivity contribution in [2.24, 2.45) is 11.3 Å². The van der Waals surface area contributed by atoms with Crippen LogP contribution in [0.25, 0.3) is 0 Å². The highest BCUT2D eigenvalue weighted by atomic mass is 16.3. The van der Waals surface area contributed by atoms with Gasteiger partial charge in [0.1, 0.15) is 0 Å². The first-order valence-corrected chi connectivity index (χ1v) is 4.05. The minimum atomic E-state index is -0.384. The summed E-state index contributed by atoms with van der Waals surface area (Å²) in [6.45, 7) is 5.56. The summed E-state index contributed by atoms with van der Waals surface area (Å²) in [5, 5.41) is 9.11. The lowest BCUT2D eigenvalue weighted by Crippen LogP contribution is -2.34. The van der Waals surface area contributed by atoms with E-state index in [-0.39, 0.29) is 17.4 Å². The van der Waals surface area contributed by atoms with E-state index in [4.69, 9.17) is 10.9 Å². The van der Waals surface area contributed by atoms with Gasteiger partial charge in [0.2, 0.25) is 5.91 Å². The van der Waals surface area contributed by atoms with Gasteiger partial charge < -0.3 is 5.11 Å². The Morgan fingerprint density at radius 2 is 2.17 bits per heavy atom. The average molecular weight is 174 g/mol. The summed E-state index contributed by atoms with van der Waals surface area (Å²) >= 11 is 0. The number of aliphatic hydroxyl groups is 1. The molecular formula is C8H18N2O2. The van der Waals surface area contributed by atoms with E-state index in [1.54, 1.807) is 6.92 Å². The minimum Gasteiger partial charge on any atom is -0.393 e. The molecule has 1 amide bonds. The predicted octanol–water partition coefficient (Wildman–Crippen LogP) is 0.164. The summed E-state index contributed by atoms with van der Waals surface area (Å²) in [6, 6.07) is 0. The van der Waals surface area contributed by atoms with Crippen LogP contribution in [0.15, 0.2) is 0 Å². The predicted molar refractivity (Wildman–Crippen MR) is 47.0 cm³/mol. The number of hydrazine groups is 1. The van der Waals surface area contributed by atoms with Crippen LogP contribution in [-0.4, -0.2) is 17.1 Å². The van der Waals surface area contributed by atoms with Gasteiger partial charge in [-0.2, -0.15) is 0 Å². The molecule has 4 nitrogen and oxygen atoms in total. The van der Waals surface area contributed by atoms with Gasteiger partial charge in [0.25, 0.3) is 0 Å². The molecule has 0 aliphatic rings. The maximum absolute atomic E-state index is 10.9. The van der Waals surface area contributed by atoms with Crippen LogP contribution in [0.5, 0.6) is 0 Å². The maximum atomic E-state index is 10.9. The molecule has 0 heterocycles. The first-order valence-electron chi connectivity index (χ1n) is 4.05. The Labute approximate surface area is 73.1 Å². The lowest BCUT2D eigenvalue weighted by atomic mass is 9.83. The Bertz CT molecular complexity index is 155. The molecule has 1 atom stereocenters. The zero-order valence-corrected chi connectivity index (χ0v) is 7.92. The maximum Gasteiger partial charge on any atom is 0.234 e. The van der Waals surface area contributed by atoms with Gasteiger partial charge in [-0.25, -0.2) is 5.84 Å². The minimum absolute atomic E-state index is 0.194. The monoisotopic (exact) mass is 174 g/mol. The third kappa shape index (κ3) is 5.09. The molecule has 0 rings (SSSR count). The Morgan fingerprint density at radius 1 is 1.67 bits per heavy atom. The van der Waals surface area contributed by atoms with Crippen molar-refractivity contribution in [3.05, 3.63) is 0 Å². The van der Waals surface area contributed by atoms with Gasteiger partial charge in [0, 0.05) is 6.42 Å². The van der Waals surface area contributed by atoms with Crippen molar-refractivity contribution in [3.63, 3.8) is 0 Å². The molecule has 0 aromatic carbocycles. The number of carbonyl (C=O) groups is 1. The Balaban J connectivity index is 3.94. The molecule has 1 unspecified atom stereocenters. The summed E-state index contributed by atoms with van der Waals surface area (Å²) in [5.41, 5.74) is 1.88. The van der Waals surface area contributed by atoms with Crippen LogP contribution in [0, 0.1) is 5.41 Å². The van der Waals surface area contributed by atoms with E-state index < -0.39 is 0 Å². The molecule has 0 aromatic heterocycles. The molecule has 0 bridgehead atoms. The lowest BCUT2D eigenvalue weighted by Gasteiger charge is -2.24. The fourth-order valence-corrected chi connectivity index (χ4v) is 1.36. The van der Waals surface area contributed by atoms with Gasteiger partial charge in [-0.05, 0) is 18.8 Å². The molecular weight excluding hydrogens is 156 g/mol. The molecule has 0 aliphatic heterocycles. The van der Waals surface area contributed by atoms with Crippen molar-refractivity contribution in [2.75, 3.05) is 0 Å². The van der Waals surface area contributed by atoms with Gasteiger partial charge in [0.15, 0.2) is 0 Å². The quantitative estimate of drug-likeness (QED) is 0.323. The van der Waals surface area contributed by atoms with Crippen molar-refractivity contribution in [1.82, 2.24) is 5.43 Å². The number of nitrogens with one attached hydrogen (secondary N) is 1. The van der Waals surface area contributed by atoms with Crippen molar-refractivity contribution in [2.45, 2.75) is 39.7 Å². The van der Waals surface area contributed by atoms with E-state index >= 15 is 0 Å². The molecule has 0 radical (unpaired) electrons. The summed E-state index contributed by atoms with van der Waals surface area (Å²) in [6.07, 6.45) is 0.556. The summed E-state index contributed by atoms with van der Waals surface area (Å²) in [5.74, 6) is 4.75. The highest BCUT2D eigenvalue weighted by Gasteiger charge is 2.23. The van der Waals surface area contributed by atoms with Crippen LogP contribution in [0.1, 0.15) is 33.6 Å². The number of hydrogen-bond acceptors (Lipinski definition) is 3. The first kappa shape index (κ1) is 11.4. The molecule has 0 saturated heterocycles. The van der Waals surface area contributed by atoms with Crippen LogP contribution in [-0.2, 0) is 4.79 Å². The zero-order chi connectivity index (χ0) is 9.78. The smallest absolute Gasteiger partial charge is 0.234 e. The highest BCUT2D eigenvalue weighted by molar-refractivity contribution is 5.75. The molecule has 0 saturated carbocycles. The van der Waals surface area contributed by atoms with Gasteiger partial charge in [-0.3, -0.25) is 10.2 Å². The molecule has 72 valence electrons. The molecule has 0 aromatic rings. The molecule has 4 N–H and O–H groups in total. The largest absolute Gasteiger partial charge is 0.393 e. The van der Waals surface area contributed by atoms with Gasteiger partial charge in [0.05, 0.1) is 6.10 Å². The Hall–Kier alpha value is -0.610. The average Bonchev–Trinajstić information content (AvgIpc) is 1.83. The summed E-state index contributed by atoms with van der Waals surface area (Å²) < 4.78 is 0. The van der Waals surface area contributed by atoms with E-state index in [1.165, 1.54) is 0 Å². The van der Waals surface area contributed by atoms with Crippen molar-refractivity contribution >= 4 is 5.91 Å². The summed E-state index contributed by atoms with van der Waals surface area (Å²) in [4.78, 5) is 10.9. The van der Waals surface area contributed by atoms with Gasteiger partial charge in [-0.15, -0.1) is 0 Å². The van der Waals surface area contributed by atoms with Crippen LogP contribution in [0.3, 0.4) is 0 Å². The summed E-state index contributed by atoms with van der Waals surface area (Å²) in [7, 11) is 0. The topological polar surface area (TPSA) is 75.3 Å². The highest BCUT2D eigenvalue weighted by Crippen LogP contribution is 2.26. The second-order valence-corrected chi connectivity index (χ2v) is 3.96. The Kier molecular flexibility index (Phi) is 4.20. The number of amides is 1. The normalized spacial score (nSPS) is 14.1. The molecule has 0 spiro atoms. The van der Waals surface area contributed by atoms with E-state index in [0.29, 0.717) is 12.8 Å². The first-order chi connectivity index (χ1) is 5.37. The zero-order valence-electron chi connectivity index (χ0n) is 7.92. The molecule has 4 heteroatoms. The standard InChI is InChI=1S/C8H18N2O2/c1-6(11)4-8(2,3)5-7(12)10-9/h6,11H,4-5,9H2,1-3H3,(H,10,12). The molecule has 0 fully saturated rings. The SMILES string of the molecule is CC(O)CC(C)(C)CC(=O)NN. The molecule has 0 aliphatic carbocycles. The fourth-order valence-electron chi connectivity index (χ4n) is 1.36. The second kappa shape index (κ2) is 4.42. The third-order valence-electron chi connectivity index (χ3n) is 1.65. The number of carbonyl (C=O) groups excluding carboxylic acids is 1. The van der Waals surface area contributed by atoms with Gasteiger partial charge >= 0.3 is 0 Å². The molecule has 12 heavy (non-hydrogen) atoms. The number of hydrogen-bond donors (Lipinski definition) is 3. The van der Waals surface area contributed by atoms with E-state index in [9.17, 15) is 4.79 Å². The van der Waals surface area contributed by atoms with Crippen LogP contribution < -0.4 is 11.3 Å². The van der Waals surface area contributed by atoms with Crippen molar-refractivity contribution < 1.29 is 9.90 Å².